The summed E-state index contributed by atoms with van der Waals surface area (Å²) in [6.45, 7) is 0.722. The number of rotatable bonds is 0. The number of aldehydes is 1. The summed E-state index contributed by atoms with van der Waals surface area (Å²) >= 11 is 0. The molecule has 0 aromatic rings. The van der Waals surface area contributed by atoms with Crippen molar-refractivity contribution >= 4 is 13.5 Å². The number of carbonyl (C=O) groups excluding carboxylic acids is 1. The van der Waals surface area contributed by atoms with E-state index in [-0.39, 0.29) is 0 Å². The molecule has 7 heteroatoms. The molecule has 60 valence electrons. The van der Waals surface area contributed by atoms with Crippen molar-refractivity contribution in [1.29, 1.82) is 0 Å². The first kappa shape index (κ1) is 9.25. The highest BCUT2D eigenvalue weighted by Crippen LogP contribution is 2.06. The average molecular weight is 160 g/mol. The van der Waals surface area contributed by atoms with Crippen LogP contribution in [0.15, 0.2) is 0 Å². The zero-order valence-corrected chi connectivity index (χ0v) is 4.90. The Balaban J connectivity index is 0.000000162. The van der Waals surface area contributed by atoms with Gasteiger partial charge in [-0.15, -0.1) is 4.89 Å². The molecule has 0 bridgehead atoms. The minimum absolute atomic E-state index is 0.722. The number of halogens is 4. The lowest BCUT2D eigenvalue weighted by molar-refractivity contribution is -0.739. The van der Waals surface area contributed by atoms with Crippen LogP contribution in [0.1, 0.15) is 6.42 Å². The van der Waals surface area contributed by atoms with Gasteiger partial charge in [0, 0.05) is 4.58 Å². The molecule has 0 aromatic heterocycles. The first-order chi connectivity index (χ1) is 4.50. The van der Waals surface area contributed by atoms with E-state index in [4.69, 9.17) is 0 Å². The molecule has 1 heterocycles. The summed E-state index contributed by atoms with van der Waals surface area (Å²) in [5.74, 6) is 0. The molecule has 0 spiro atoms. The maximum Gasteiger partial charge on any atom is 0.673 e. The van der Waals surface area contributed by atoms with Crippen LogP contribution in [-0.2, 0) is 9.46 Å². The fourth-order valence-corrected chi connectivity index (χ4v) is 0.241. The zero-order valence-electron chi connectivity index (χ0n) is 4.90. The predicted octanol–water partition coefficient (Wildman–Crippen LogP) is 1.36. The van der Waals surface area contributed by atoms with Gasteiger partial charge in [-0.2, -0.15) is 0 Å². The van der Waals surface area contributed by atoms with Gasteiger partial charge in [-0.25, -0.2) is 0 Å². The third-order valence-corrected chi connectivity index (χ3v) is 0.455. The van der Waals surface area contributed by atoms with Gasteiger partial charge < -0.3 is 17.3 Å². The lowest BCUT2D eigenvalue weighted by Crippen LogP contribution is -2.02. The maximum atomic E-state index is 9.75. The van der Waals surface area contributed by atoms with Crippen LogP contribution in [0.25, 0.3) is 0 Å². The lowest BCUT2D eigenvalue weighted by atomic mass is 10.3. The van der Waals surface area contributed by atoms with E-state index in [9.17, 15) is 17.3 Å². The van der Waals surface area contributed by atoms with Gasteiger partial charge in [0.1, 0.15) is 6.42 Å². The molecule has 0 aliphatic carbocycles. The van der Waals surface area contributed by atoms with Crippen molar-refractivity contribution in [2.75, 3.05) is 6.61 Å². The highest BCUT2D eigenvalue weighted by Gasteiger charge is 2.20. The van der Waals surface area contributed by atoms with Crippen molar-refractivity contribution in [3.05, 3.63) is 0 Å². The summed E-state index contributed by atoms with van der Waals surface area (Å²) in [6.07, 6.45) is 2.57. The van der Waals surface area contributed by atoms with E-state index in [0.29, 0.717) is 0 Å². The van der Waals surface area contributed by atoms with E-state index in [0.717, 1.165) is 13.0 Å². The van der Waals surface area contributed by atoms with Gasteiger partial charge in [0.25, 0.3) is 0 Å². The molecular formula is C3H5BF4O2. The first-order valence-electron chi connectivity index (χ1n) is 2.47. The largest absolute Gasteiger partial charge is 0.673 e. The Morgan fingerprint density at radius 1 is 1.30 bits per heavy atom. The third-order valence-electron chi connectivity index (χ3n) is 0.455. The van der Waals surface area contributed by atoms with Crippen molar-refractivity contribution < 1.29 is 26.7 Å². The molecule has 1 aliphatic rings. The van der Waals surface area contributed by atoms with Crippen LogP contribution < -0.4 is 0 Å². The molecule has 0 amide bonds. The molecule has 0 unspecified atom stereocenters. The van der Waals surface area contributed by atoms with E-state index < -0.39 is 7.25 Å². The minimum atomic E-state index is -6.00. The lowest BCUT2D eigenvalue weighted by Gasteiger charge is -1.94. The highest BCUT2D eigenvalue weighted by atomic mass is 19.5. The molecule has 0 radical (unpaired) electrons. The van der Waals surface area contributed by atoms with Crippen molar-refractivity contribution in [3.63, 3.8) is 0 Å². The zero-order chi connectivity index (χ0) is 8.04. The number of hydrogen-bond donors (Lipinski definition) is 0. The summed E-state index contributed by atoms with van der Waals surface area (Å²) in [7, 11) is -6.00. The second-order valence-corrected chi connectivity index (χ2v) is 1.37. The Kier molecular flexibility index (Phi) is 3.82. The van der Waals surface area contributed by atoms with Crippen LogP contribution in [0.4, 0.5) is 17.3 Å². The normalized spacial score (nSPS) is 15.6. The fourth-order valence-electron chi connectivity index (χ4n) is 0.241. The second kappa shape index (κ2) is 4.13. The summed E-state index contributed by atoms with van der Waals surface area (Å²) in [5, 5.41) is 0. The van der Waals surface area contributed by atoms with Crippen molar-refractivity contribution in [2.45, 2.75) is 6.42 Å². The van der Waals surface area contributed by atoms with Crippen molar-refractivity contribution in [2.24, 2.45) is 0 Å². The Hall–Kier alpha value is -0.745. The average Bonchev–Trinajstić information content (AvgIpc) is 2.07. The SMILES string of the molecule is C1=[O+]OCC1.F[B-](F)(F)F. The molecule has 1 rings (SSSR count). The van der Waals surface area contributed by atoms with E-state index >= 15 is 0 Å². The number of hydrogen-bond acceptors (Lipinski definition) is 1. The van der Waals surface area contributed by atoms with Crippen LogP contribution in [-0.4, -0.2) is 20.1 Å². The van der Waals surface area contributed by atoms with Gasteiger partial charge in [0.05, 0.1) is 0 Å². The van der Waals surface area contributed by atoms with E-state index in [2.05, 4.69) is 9.46 Å². The molecule has 10 heavy (non-hydrogen) atoms. The van der Waals surface area contributed by atoms with Gasteiger partial charge in [-0.1, -0.05) is 0 Å². The molecular weight excluding hydrogens is 155 g/mol. The molecule has 0 fully saturated rings. The van der Waals surface area contributed by atoms with E-state index in [1.165, 1.54) is 0 Å². The van der Waals surface area contributed by atoms with E-state index in [1.54, 1.807) is 6.29 Å². The first-order valence-corrected chi connectivity index (χ1v) is 2.47. The molecule has 0 aromatic carbocycles. The molecule has 0 N–H and O–H groups in total. The van der Waals surface area contributed by atoms with Crippen LogP contribution in [0, 0.1) is 0 Å². The topological polar surface area (TPSA) is 20.5 Å². The molecule has 1 aliphatic heterocycles. The molecule has 0 saturated heterocycles. The van der Waals surface area contributed by atoms with Gasteiger partial charge in [0.15, 0.2) is 0 Å². The van der Waals surface area contributed by atoms with Crippen molar-refractivity contribution in [3.8, 4) is 0 Å². The Bertz CT molecular complexity index is 99.6. The molecule has 0 atom stereocenters. The van der Waals surface area contributed by atoms with Crippen LogP contribution >= 0.6 is 0 Å². The smallest absolute Gasteiger partial charge is 0.418 e. The monoisotopic (exact) mass is 160 g/mol. The maximum absolute atomic E-state index is 9.75. The Morgan fingerprint density at radius 2 is 1.80 bits per heavy atom. The van der Waals surface area contributed by atoms with E-state index in [1.807, 2.05) is 0 Å². The Labute approximate surface area is 54.5 Å². The van der Waals surface area contributed by atoms with Gasteiger partial charge in [-0.3, -0.25) is 0 Å². The third kappa shape index (κ3) is 15.7. The van der Waals surface area contributed by atoms with Gasteiger partial charge >= 0.3 is 13.5 Å². The van der Waals surface area contributed by atoms with Gasteiger partial charge in [-0.05, 0) is 0 Å². The minimum Gasteiger partial charge on any atom is -0.418 e. The molecule has 0 saturated carbocycles. The van der Waals surface area contributed by atoms with Crippen LogP contribution in [0.2, 0.25) is 0 Å². The highest BCUT2D eigenvalue weighted by molar-refractivity contribution is 6.50. The summed E-state index contributed by atoms with van der Waals surface area (Å²) in [5.41, 5.74) is 0. The van der Waals surface area contributed by atoms with Crippen molar-refractivity contribution in [1.82, 2.24) is 0 Å². The summed E-state index contributed by atoms with van der Waals surface area (Å²) in [4.78, 5) is 4.39. The standard InChI is InChI=1S/C3H5O2.BF4/c1-2-4-5-3-1;2-1(3,4)5/h2H,1,3H2;/q+1;-1. The summed E-state index contributed by atoms with van der Waals surface area (Å²) < 4.78 is 43.3. The Morgan fingerprint density at radius 3 is 1.90 bits per heavy atom. The van der Waals surface area contributed by atoms with Crippen LogP contribution in [0.3, 0.4) is 0 Å². The molecule has 2 nitrogen and oxygen atoms in total. The second-order valence-electron chi connectivity index (χ2n) is 1.37. The fraction of sp³-hybridized carbons (Fsp3) is 0.667. The quantitative estimate of drug-likeness (QED) is 0.172. The van der Waals surface area contributed by atoms with Crippen LogP contribution in [0.5, 0.6) is 0 Å². The van der Waals surface area contributed by atoms with Gasteiger partial charge in [0.2, 0.25) is 6.61 Å². The predicted molar refractivity (Wildman–Crippen MR) is 26.8 cm³/mol. The summed E-state index contributed by atoms with van der Waals surface area (Å²) in [6, 6.07) is 0.